The summed E-state index contributed by atoms with van der Waals surface area (Å²) in [5.74, 6) is -1.24. The van der Waals surface area contributed by atoms with E-state index in [1.807, 2.05) is 0 Å². The molecule has 1 aromatic rings. The van der Waals surface area contributed by atoms with E-state index in [1.165, 1.54) is 19.3 Å². The third-order valence-corrected chi connectivity index (χ3v) is 3.68. The number of alkyl halides is 3. The molecule has 8 heteroatoms. The van der Waals surface area contributed by atoms with E-state index >= 15 is 0 Å². The Balaban J connectivity index is 2.25. The highest BCUT2D eigenvalue weighted by molar-refractivity contribution is 5.93. The van der Waals surface area contributed by atoms with Crippen molar-refractivity contribution >= 4 is 11.8 Å². The van der Waals surface area contributed by atoms with E-state index in [2.05, 4.69) is 5.32 Å². The molecule has 122 valence electrons. The van der Waals surface area contributed by atoms with Gasteiger partial charge in [0.15, 0.2) is 5.76 Å². The van der Waals surface area contributed by atoms with Gasteiger partial charge in [0.25, 0.3) is 5.91 Å². The molecule has 0 aliphatic carbocycles. The van der Waals surface area contributed by atoms with Crippen LogP contribution in [0.5, 0.6) is 0 Å². The Hall–Kier alpha value is -1.99. The van der Waals surface area contributed by atoms with Gasteiger partial charge in [-0.15, -0.1) is 0 Å². The number of hydrogen-bond donors (Lipinski definition) is 1. The standard InChI is InChI=1S/C14H17F3N2O3/c1-8-5-6-22-12(8)13(21)19-7-10(18-9(2)20)3-4-11(19)14(15,16)17/h5-6,10-11H,3-4,7H2,1-2H3,(H,18,20)/t10-,11-/m1/s1. The molecular weight excluding hydrogens is 301 g/mol. The highest BCUT2D eigenvalue weighted by atomic mass is 19.4. The summed E-state index contributed by atoms with van der Waals surface area (Å²) in [6.45, 7) is 2.69. The highest BCUT2D eigenvalue weighted by Crippen LogP contribution is 2.33. The maximum absolute atomic E-state index is 13.2. The predicted molar refractivity (Wildman–Crippen MR) is 71.2 cm³/mol. The minimum Gasteiger partial charge on any atom is -0.459 e. The molecule has 5 nitrogen and oxygen atoms in total. The normalized spacial score (nSPS) is 22.5. The largest absolute Gasteiger partial charge is 0.459 e. The van der Waals surface area contributed by atoms with Crippen LogP contribution in [0.3, 0.4) is 0 Å². The number of amides is 2. The van der Waals surface area contributed by atoms with Crippen LogP contribution in [-0.2, 0) is 4.79 Å². The van der Waals surface area contributed by atoms with Crippen molar-refractivity contribution in [1.82, 2.24) is 10.2 Å². The van der Waals surface area contributed by atoms with Gasteiger partial charge in [0, 0.05) is 25.1 Å². The Labute approximate surface area is 125 Å². The lowest BCUT2D eigenvalue weighted by molar-refractivity contribution is -0.184. The van der Waals surface area contributed by atoms with E-state index in [0.29, 0.717) is 5.56 Å². The van der Waals surface area contributed by atoms with E-state index in [4.69, 9.17) is 4.42 Å². The molecule has 1 N–H and O–H groups in total. The van der Waals surface area contributed by atoms with Crippen molar-refractivity contribution in [3.63, 3.8) is 0 Å². The molecule has 2 amide bonds. The van der Waals surface area contributed by atoms with Gasteiger partial charge in [-0.1, -0.05) is 0 Å². The first-order valence-electron chi connectivity index (χ1n) is 6.89. The smallest absolute Gasteiger partial charge is 0.408 e. The molecule has 1 aromatic heterocycles. The Bertz CT molecular complexity index is 568. The highest BCUT2D eigenvalue weighted by Gasteiger charge is 2.48. The fourth-order valence-corrected chi connectivity index (χ4v) is 2.66. The summed E-state index contributed by atoms with van der Waals surface area (Å²) in [5, 5.41) is 2.57. The van der Waals surface area contributed by atoms with Crippen LogP contribution in [0.15, 0.2) is 16.7 Å². The van der Waals surface area contributed by atoms with Crippen LogP contribution >= 0.6 is 0 Å². The minimum atomic E-state index is -4.52. The van der Waals surface area contributed by atoms with Gasteiger partial charge in [0.2, 0.25) is 5.91 Å². The fraction of sp³-hybridized carbons (Fsp3) is 0.571. The Kier molecular flexibility index (Phi) is 4.48. The number of piperidine rings is 1. The number of likely N-dealkylation sites (tertiary alicyclic amines) is 1. The average Bonchev–Trinajstić information content (AvgIpc) is 2.82. The molecule has 2 atom stereocenters. The fourth-order valence-electron chi connectivity index (χ4n) is 2.66. The van der Waals surface area contributed by atoms with Crippen molar-refractivity contribution < 1.29 is 27.2 Å². The molecule has 0 bridgehead atoms. The average molecular weight is 318 g/mol. The Morgan fingerprint density at radius 1 is 1.36 bits per heavy atom. The van der Waals surface area contributed by atoms with E-state index in [9.17, 15) is 22.8 Å². The first-order chi connectivity index (χ1) is 10.2. The first kappa shape index (κ1) is 16.4. The number of aryl methyl sites for hydroxylation is 1. The number of carbonyl (C=O) groups excluding carboxylic acids is 2. The lowest BCUT2D eigenvalue weighted by atomic mass is 9.97. The Morgan fingerprint density at radius 3 is 2.55 bits per heavy atom. The van der Waals surface area contributed by atoms with E-state index in [0.717, 1.165) is 4.90 Å². The lowest BCUT2D eigenvalue weighted by Crippen LogP contribution is -2.58. The molecule has 22 heavy (non-hydrogen) atoms. The molecular formula is C14H17F3N2O3. The van der Waals surface area contributed by atoms with E-state index < -0.39 is 24.2 Å². The molecule has 0 radical (unpaired) electrons. The number of furan rings is 1. The van der Waals surface area contributed by atoms with Gasteiger partial charge >= 0.3 is 6.18 Å². The van der Waals surface area contributed by atoms with Crippen LogP contribution in [0, 0.1) is 6.92 Å². The molecule has 2 rings (SSSR count). The molecule has 0 aromatic carbocycles. The number of carbonyl (C=O) groups is 2. The summed E-state index contributed by atoms with van der Waals surface area (Å²) in [5.41, 5.74) is 0.479. The molecule has 1 aliphatic heterocycles. The van der Waals surface area contributed by atoms with Crippen LogP contribution in [0.2, 0.25) is 0 Å². The summed E-state index contributed by atoms with van der Waals surface area (Å²) >= 11 is 0. The third-order valence-electron chi connectivity index (χ3n) is 3.68. The zero-order valence-corrected chi connectivity index (χ0v) is 12.2. The second kappa shape index (κ2) is 6.02. The minimum absolute atomic E-state index is 0.0993. The molecule has 2 heterocycles. The second-order valence-corrected chi connectivity index (χ2v) is 5.42. The van der Waals surface area contributed by atoms with Gasteiger partial charge in [-0.2, -0.15) is 13.2 Å². The zero-order chi connectivity index (χ0) is 16.5. The Morgan fingerprint density at radius 2 is 2.05 bits per heavy atom. The summed E-state index contributed by atoms with van der Waals surface area (Å²) in [6.07, 6.45) is -3.33. The van der Waals surface area contributed by atoms with Crippen molar-refractivity contribution in [3.8, 4) is 0 Å². The van der Waals surface area contributed by atoms with Gasteiger partial charge in [-0.3, -0.25) is 9.59 Å². The molecule has 0 saturated carbocycles. The maximum atomic E-state index is 13.2. The van der Waals surface area contributed by atoms with Crippen LogP contribution in [0.25, 0.3) is 0 Å². The molecule has 0 unspecified atom stereocenters. The number of nitrogens with one attached hydrogen (secondary N) is 1. The predicted octanol–water partition coefficient (Wildman–Crippen LogP) is 2.26. The van der Waals surface area contributed by atoms with Crippen LogP contribution < -0.4 is 5.32 Å². The van der Waals surface area contributed by atoms with Gasteiger partial charge in [-0.05, 0) is 25.8 Å². The summed E-state index contributed by atoms with van der Waals surface area (Å²) in [7, 11) is 0. The molecule has 1 saturated heterocycles. The monoisotopic (exact) mass is 318 g/mol. The molecule has 0 spiro atoms. The van der Waals surface area contributed by atoms with E-state index in [-0.39, 0.29) is 31.1 Å². The molecule has 1 fully saturated rings. The summed E-state index contributed by atoms with van der Waals surface area (Å²) in [4.78, 5) is 24.2. The summed E-state index contributed by atoms with van der Waals surface area (Å²) in [6, 6.07) is -0.838. The van der Waals surface area contributed by atoms with Crippen LogP contribution in [0.1, 0.15) is 35.9 Å². The van der Waals surface area contributed by atoms with Crippen LogP contribution in [0.4, 0.5) is 13.2 Å². The van der Waals surface area contributed by atoms with Crippen molar-refractivity contribution in [3.05, 3.63) is 23.7 Å². The van der Waals surface area contributed by atoms with Gasteiger partial charge in [0.1, 0.15) is 6.04 Å². The number of nitrogens with zero attached hydrogens (tertiary/aromatic N) is 1. The van der Waals surface area contributed by atoms with Crippen molar-refractivity contribution in [2.24, 2.45) is 0 Å². The van der Waals surface area contributed by atoms with Crippen LogP contribution in [-0.4, -0.2) is 41.5 Å². The zero-order valence-electron chi connectivity index (χ0n) is 12.2. The SMILES string of the molecule is CC(=O)N[C@@H]1CC[C@H](C(F)(F)F)N(C(=O)c2occc2C)C1. The molecule has 1 aliphatic rings. The lowest BCUT2D eigenvalue weighted by Gasteiger charge is -2.40. The van der Waals surface area contributed by atoms with Gasteiger partial charge in [0.05, 0.1) is 6.26 Å². The number of rotatable bonds is 2. The van der Waals surface area contributed by atoms with Crippen molar-refractivity contribution in [2.75, 3.05) is 6.54 Å². The third kappa shape index (κ3) is 3.42. The maximum Gasteiger partial charge on any atom is 0.408 e. The summed E-state index contributed by atoms with van der Waals surface area (Å²) < 4.78 is 44.5. The first-order valence-corrected chi connectivity index (χ1v) is 6.89. The second-order valence-electron chi connectivity index (χ2n) is 5.42. The quantitative estimate of drug-likeness (QED) is 0.910. The van der Waals surface area contributed by atoms with E-state index in [1.54, 1.807) is 6.92 Å². The van der Waals surface area contributed by atoms with Crippen molar-refractivity contribution in [1.29, 1.82) is 0 Å². The topological polar surface area (TPSA) is 62.6 Å². The number of hydrogen-bond acceptors (Lipinski definition) is 3. The van der Waals surface area contributed by atoms with Crippen molar-refractivity contribution in [2.45, 2.75) is 44.9 Å². The number of halogens is 3. The van der Waals surface area contributed by atoms with Gasteiger partial charge in [-0.25, -0.2) is 0 Å². The van der Waals surface area contributed by atoms with Gasteiger partial charge < -0.3 is 14.6 Å².